The van der Waals surface area contributed by atoms with Gasteiger partial charge in [0.15, 0.2) is 0 Å². The Bertz CT molecular complexity index is 578. The summed E-state index contributed by atoms with van der Waals surface area (Å²) in [4.78, 5) is 14.7. The van der Waals surface area contributed by atoms with Gasteiger partial charge in [-0.1, -0.05) is 17.7 Å². The van der Waals surface area contributed by atoms with Crippen molar-refractivity contribution in [3.63, 3.8) is 0 Å². The molecule has 0 spiro atoms. The molecule has 0 saturated carbocycles. The van der Waals surface area contributed by atoms with Crippen LogP contribution in [0.4, 0.5) is 0 Å². The SMILES string of the molecule is Cc1nccn1-c1cc(CCC(=O)O)ccc1Cl. The molecule has 18 heavy (non-hydrogen) atoms. The van der Waals surface area contributed by atoms with Crippen LogP contribution in [0.5, 0.6) is 0 Å². The van der Waals surface area contributed by atoms with Gasteiger partial charge in [0, 0.05) is 18.8 Å². The van der Waals surface area contributed by atoms with E-state index in [2.05, 4.69) is 4.98 Å². The first kappa shape index (κ1) is 12.6. The molecule has 0 radical (unpaired) electrons. The van der Waals surface area contributed by atoms with Crippen LogP contribution in [-0.2, 0) is 11.2 Å². The Morgan fingerprint density at radius 1 is 1.50 bits per heavy atom. The Kier molecular flexibility index (Phi) is 3.67. The third-order valence-electron chi connectivity index (χ3n) is 2.72. The number of carboxylic acids is 1. The lowest BCUT2D eigenvalue weighted by atomic mass is 10.1. The number of benzene rings is 1. The number of carbonyl (C=O) groups is 1. The molecule has 94 valence electrons. The van der Waals surface area contributed by atoms with E-state index in [1.165, 1.54) is 0 Å². The monoisotopic (exact) mass is 264 g/mol. The predicted octanol–water partition coefficient (Wildman–Crippen LogP) is 2.85. The van der Waals surface area contributed by atoms with Crippen LogP contribution in [0.15, 0.2) is 30.6 Å². The maximum atomic E-state index is 10.6. The number of carboxylic acid groups (broad SMARTS) is 1. The first-order valence-corrected chi connectivity index (χ1v) is 5.96. The molecule has 2 aromatic rings. The van der Waals surface area contributed by atoms with E-state index < -0.39 is 5.97 Å². The first-order valence-electron chi connectivity index (χ1n) is 5.58. The number of hydrogen-bond acceptors (Lipinski definition) is 2. The summed E-state index contributed by atoms with van der Waals surface area (Å²) >= 11 is 6.16. The van der Waals surface area contributed by atoms with Crippen LogP contribution in [0, 0.1) is 6.92 Å². The average molecular weight is 265 g/mol. The zero-order valence-electron chi connectivity index (χ0n) is 9.93. The molecule has 0 bridgehead atoms. The summed E-state index contributed by atoms with van der Waals surface area (Å²) in [5, 5.41) is 9.31. The highest BCUT2D eigenvalue weighted by molar-refractivity contribution is 6.32. The molecule has 0 atom stereocenters. The Morgan fingerprint density at radius 2 is 2.28 bits per heavy atom. The molecule has 1 N–H and O–H groups in total. The van der Waals surface area contributed by atoms with Gasteiger partial charge in [-0.05, 0) is 31.0 Å². The van der Waals surface area contributed by atoms with Crippen molar-refractivity contribution < 1.29 is 9.90 Å². The van der Waals surface area contributed by atoms with E-state index >= 15 is 0 Å². The van der Waals surface area contributed by atoms with Crippen LogP contribution in [0.25, 0.3) is 5.69 Å². The Morgan fingerprint density at radius 3 is 2.89 bits per heavy atom. The number of imidazole rings is 1. The molecule has 4 nitrogen and oxygen atoms in total. The van der Waals surface area contributed by atoms with Crippen LogP contribution in [0.3, 0.4) is 0 Å². The first-order chi connectivity index (χ1) is 8.58. The molecule has 5 heteroatoms. The number of nitrogens with zero attached hydrogens (tertiary/aromatic N) is 2. The van der Waals surface area contributed by atoms with Crippen molar-refractivity contribution >= 4 is 17.6 Å². The smallest absolute Gasteiger partial charge is 0.303 e. The summed E-state index contributed by atoms with van der Waals surface area (Å²) in [5.74, 6) is 0.0394. The maximum absolute atomic E-state index is 10.6. The van der Waals surface area contributed by atoms with Crippen molar-refractivity contribution in [2.24, 2.45) is 0 Å². The van der Waals surface area contributed by atoms with E-state index in [1.807, 2.05) is 29.8 Å². The van der Waals surface area contributed by atoms with Gasteiger partial charge in [-0.25, -0.2) is 4.98 Å². The lowest BCUT2D eigenvalue weighted by Crippen LogP contribution is -2.00. The molecule has 0 aliphatic carbocycles. The number of hydrogen-bond donors (Lipinski definition) is 1. The molecule has 1 heterocycles. The normalized spacial score (nSPS) is 10.6. The summed E-state index contributed by atoms with van der Waals surface area (Å²) in [5.41, 5.74) is 1.78. The maximum Gasteiger partial charge on any atom is 0.303 e. The van der Waals surface area contributed by atoms with E-state index in [0.717, 1.165) is 17.1 Å². The van der Waals surface area contributed by atoms with Crippen molar-refractivity contribution in [3.05, 3.63) is 47.0 Å². The topological polar surface area (TPSA) is 55.1 Å². The van der Waals surface area contributed by atoms with E-state index in [4.69, 9.17) is 16.7 Å². The molecule has 0 unspecified atom stereocenters. The van der Waals surface area contributed by atoms with E-state index in [9.17, 15) is 4.79 Å². The van der Waals surface area contributed by atoms with Gasteiger partial charge in [0.25, 0.3) is 0 Å². The highest BCUT2D eigenvalue weighted by atomic mass is 35.5. The fourth-order valence-corrected chi connectivity index (χ4v) is 1.99. The molecule has 0 saturated heterocycles. The van der Waals surface area contributed by atoms with E-state index in [1.54, 1.807) is 12.3 Å². The van der Waals surface area contributed by atoms with Crippen LogP contribution in [0.1, 0.15) is 17.8 Å². The van der Waals surface area contributed by atoms with Gasteiger partial charge < -0.3 is 9.67 Å². The summed E-state index contributed by atoms with van der Waals surface area (Å²) in [6.07, 6.45) is 4.14. The van der Waals surface area contributed by atoms with Crippen molar-refractivity contribution in [2.45, 2.75) is 19.8 Å². The van der Waals surface area contributed by atoms with Crippen molar-refractivity contribution in [2.75, 3.05) is 0 Å². The van der Waals surface area contributed by atoms with Crippen LogP contribution in [-0.4, -0.2) is 20.6 Å². The predicted molar refractivity (Wildman–Crippen MR) is 69.3 cm³/mol. The Labute approximate surface area is 110 Å². The second-order valence-corrected chi connectivity index (χ2v) is 4.43. The largest absolute Gasteiger partial charge is 0.481 e. The molecule has 1 aromatic heterocycles. The number of aliphatic carboxylic acids is 1. The highest BCUT2D eigenvalue weighted by Crippen LogP contribution is 2.23. The number of halogens is 1. The molecule has 0 fully saturated rings. The van der Waals surface area contributed by atoms with Gasteiger partial charge in [0.05, 0.1) is 10.7 Å². The zero-order chi connectivity index (χ0) is 13.1. The number of aryl methyl sites for hydroxylation is 2. The quantitative estimate of drug-likeness (QED) is 0.924. The second kappa shape index (κ2) is 5.23. The molecular weight excluding hydrogens is 252 g/mol. The van der Waals surface area contributed by atoms with Crippen molar-refractivity contribution in [1.29, 1.82) is 0 Å². The van der Waals surface area contributed by atoms with E-state index in [0.29, 0.717) is 11.4 Å². The molecule has 2 rings (SSSR count). The molecule has 0 aliphatic heterocycles. The molecule has 0 aliphatic rings. The van der Waals surface area contributed by atoms with Crippen LogP contribution in [0.2, 0.25) is 5.02 Å². The molecular formula is C13H13ClN2O2. The standard InChI is InChI=1S/C13H13ClN2O2/c1-9-15-6-7-16(9)12-8-10(2-4-11(12)14)3-5-13(17)18/h2,4,6-8H,3,5H2,1H3,(H,17,18). The Hall–Kier alpha value is -1.81. The van der Waals surface area contributed by atoms with E-state index in [-0.39, 0.29) is 6.42 Å². The van der Waals surface area contributed by atoms with Gasteiger partial charge in [0.1, 0.15) is 5.82 Å². The van der Waals surface area contributed by atoms with Gasteiger partial charge >= 0.3 is 5.97 Å². The summed E-state index contributed by atoms with van der Waals surface area (Å²) in [6.45, 7) is 1.89. The van der Waals surface area contributed by atoms with Crippen molar-refractivity contribution in [1.82, 2.24) is 9.55 Å². The molecule has 1 aromatic carbocycles. The Balaban J connectivity index is 2.33. The van der Waals surface area contributed by atoms with Crippen LogP contribution >= 0.6 is 11.6 Å². The average Bonchev–Trinajstić information content (AvgIpc) is 2.74. The number of aromatic nitrogens is 2. The lowest BCUT2D eigenvalue weighted by molar-refractivity contribution is -0.136. The highest BCUT2D eigenvalue weighted by Gasteiger charge is 2.07. The fraction of sp³-hybridized carbons (Fsp3) is 0.231. The van der Waals surface area contributed by atoms with Gasteiger partial charge in [-0.15, -0.1) is 0 Å². The van der Waals surface area contributed by atoms with Crippen molar-refractivity contribution in [3.8, 4) is 5.69 Å². The van der Waals surface area contributed by atoms with Gasteiger partial charge in [0.2, 0.25) is 0 Å². The van der Waals surface area contributed by atoms with Gasteiger partial charge in [-0.3, -0.25) is 4.79 Å². The third-order valence-corrected chi connectivity index (χ3v) is 3.04. The zero-order valence-corrected chi connectivity index (χ0v) is 10.7. The molecule has 0 amide bonds. The number of rotatable bonds is 4. The van der Waals surface area contributed by atoms with Crippen LogP contribution < -0.4 is 0 Å². The minimum absolute atomic E-state index is 0.115. The van der Waals surface area contributed by atoms with Gasteiger partial charge in [-0.2, -0.15) is 0 Å². The minimum Gasteiger partial charge on any atom is -0.481 e. The lowest BCUT2D eigenvalue weighted by Gasteiger charge is -2.09. The summed E-state index contributed by atoms with van der Waals surface area (Å²) < 4.78 is 1.88. The fourth-order valence-electron chi connectivity index (χ4n) is 1.78. The summed E-state index contributed by atoms with van der Waals surface area (Å²) in [7, 11) is 0. The third kappa shape index (κ3) is 2.71. The second-order valence-electron chi connectivity index (χ2n) is 4.02. The summed E-state index contributed by atoms with van der Waals surface area (Å²) in [6, 6.07) is 5.54. The minimum atomic E-state index is -0.801.